The molecule has 32 heavy (non-hydrogen) atoms. The van der Waals surface area contributed by atoms with Gasteiger partial charge < -0.3 is 0 Å². The van der Waals surface area contributed by atoms with Gasteiger partial charge in [-0.1, -0.05) is 41.4 Å². The number of rotatable bonds is 5. The summed E-state index contributed by atoms with van der Waals surface area (Å²) in [7, 11) is -7.68. The van der Waals surface area contributed by atoms with Crippen LogP contribution < -0.4 is 9.03 Å². The van der Waals surface area contributed by atoms with Crippen molar-refractivity contribution in [1.82, 2.24) is 0 Å². The number of aryl methyl sites for hydroxylation is 2. The van der Waals surface area contributed by atoms with Crippen LogP contribution in [0.3, 0.4) is 0 Å². The highest BCUT2D eigenvalue weighted by atomic mass is 35.5. The Bertz CT molecular complexity index is 1390. The van der Waals surface area contributed by atoms with Crippen LogP contribution in [0.5, 0.6) is 0 Å². The molecular weight excluding hydrogens is 491 g/mol. The van der Waals surface area contributed by atoms with Gasteiger partial charge >= 0.3 is 0 Å². The maximum absolute atomic E-state index is 13.1. The van der Waals surface area contributed by atoms with Crippen molar-refractivity contribution in [2.75, 3.05) is 15.6 Å². The Balaban J connectivity index is 1.67. The van der Waals surface area contributed by atoms with Crippen LogP contribution in [0.15, 0.2) is 70.5 Å². The highest BCUT2D eigenvalue weighted by molar-refractivity contribution is 7.93. The number of fused-ring (bicyclic) bond motifs is 1. The Morgan fingerprint density at radius 2 is 1.62 bits per heavy atom. The molecule has 6 nitrogen and oxygen atoms in total. The number of nitrogens with zero attached hydrogens (tertiary/aromatic N) is 1. The summed E-state index contributed by atoms with van der Waals surface area (Å²) in [5.74, 6) is 0. The molecule has 1 N–H and O–H groups in total. The topological polar surface area (TPSA) is 83.6 Å². The van der Waals surface area contributed by atoms with Crippen molar-refractivity contribution in [2.45, 2.75) is 29.6 Å². The van der Waals surface area contributed by atoms with E-state index in [2.05, 4.69) is 4.72 Å². The molecular formula is C22H20Cl2N2O4S2. The van der Waals surface area contributed by atoms with Crippen molar-refractivity contribution in [3.05, 3.63) is 81.8 Å². The molecule has 1 aliphatic rings. The summed E-state index contributed by atoms with van der Waals surface area (Å²) in [6.45, 7) is 2.05. The van der Waals surface area contributed by atoms with E-state index in [0.717, 1.165) is 5.56 Å². The van der Waals surface area contributed by atoms with Gasteiger partial charge in [0.2, 0.25) is 0 Å². The van der Waals surface area contributed by atoms with E-state index >= 15 is 0 Å². The highest BCUT2D eigenvalue weighted by Gasteiger charge is 2.29. The molecule has 0 radical (unpaired) electrons. The zero-order valence-corrected chi connectivity index (χ0v) is 20.2. The number of benzene rings is 3. The second-order valence-electron chi connectivity index (χ2n) is 7.47. The zero-order chi connectivity index (χ0) is 23.1. The standard InChI is InChI=1S/C22H20Cl2N2O4S2/c1-15-12-22(20(24)14-19(15)23)31(27,28)25-17-9-10-21-16(13-17)6-5-11-26(21)32(29,30)18-7-3-2-4-8-18/h2-4,7-10,12-14,25H,5-6,11H2,1H3. The maximum atomic E-state index is 13.1. The molecule has 0 unspecified atom stereocenters. The molecule has 168 valence electrons. The van der Waals surface area contributed by atoms with Gasteiger partial charge in [0.15, 0.2) is 0 Å². The maximum Gasteiger partial charge on any atom is 0.264 e. The summed E-state index contributed by atoms with van der Waals surface area (Å²) in [5, 5.41) is 0.397. The third-order valence-electron chi connectivity index (χ3n) is 5.24. The smallest absolute Gasteiger partial charge is 0.264 e. The summed E-state index contributed by atoms with van der Waals surface area (Å²) >= 11 is 12.1. The first-order valence-corrected chi connectivity index (χ1v) is 13.5. The zero-order valence-electron chi connectivity index (χ0n) is 17.0. The Morgan fingerprint density at radius 3 is 2.34 bits per heavy atom. The minimum absolute atomic E-state index is 0.0196. The SMILES string of the molecule is Cc1cc(S(=O)(=O)Nc2ccc3c(c2)CCCN3S(=O)(=O)c2ccccc2)c(Cl)cc1Cl. The van der Waals surface area contributed by atoms with Crippen molar-refractivity contribution in [3.63, 3.8) is 0 Å². The van der Waals surface area contributed by atoms with Crippen LogP contribution in [0.2, 0.25) is 10.0 Å². The molecule has 0 bridgehead atoms. The van der Waals surface area contributed by atoms with Crippen molar-refractivity contribution in [1.29, 1.82) is 0 Å². The summed E-state index contributed by atoms with van der Waals surface area (Å²) in [6.07, 6.45) is 1.25. The molecule has 0 saturated carbocycles. The van der Waals surface area contributed by atoms with Crippen LogP contribution in [0.1, 0.15) is 17.5 Å². The lowest BCUT2D eigenvalue weighted by Crippen LogP contribution is -2.35. The van der Waals surface area contributed by atoms with Crippen LogP contribution in [-0.2, 0) is 26.5 Å². The molecule has 0 amide bonds. The molecule has 0 saturated heterocycles. The molecule has 0 spiro atoms. The predicted octanol–water partition coefficient (Wildman–Crippen LogP) is 5.24. The number of hydrogen-bond acceptors (Lipinski definition) is 4. The predicted molar refractivity (Wildman–Crippen MR) is 128 cm³/mol. The van der Waals surface area contributed by atoms with E-state index in [1.165, 1.54) is 16.4 Å². The Morgan fingerprint density at radius 1 is 0.906 bits per heavy atom. The fourth-order valence-corrected chi connectivity index (χ4v) is 7.09. The molecule has 4 rings (SSSR count). The molecule has 1 aliphatic heterocycles. The second-order valence-corrected chi connectivity index (χ2v) is 11.8. The van der Waals surface area contributed by atoms with Gasteiger partial charge in [0.25, 0.3) is 20.0 Å². The molecule has 0 aromatic heterocycles. The highest BCUT2D eigenvalue weighted by Crippen LogP contribution is 2.35. The third-order valence-corrected chi connectivity index (χ3v) is 9.32. The van der Waals surface area contributed by atoms with E-state index < -0.39 is 20.0 Å². The van der Waals surface area contributed by atoms with Crippen LogP contribution >= 0.6 is 23.2 Å². The third kappa shape index (κ3) is 4.32. The fraction of sp³-hybridized carbons (Fsp3) is 0.182. The average Bonchev–Trinajstić information content (AvgIpc) is 2.76. The van der Waals surface area contributed by atoms with Crippen molar-refractivity contribution < 1.29 is 16.8 Å². The first-order valence-electron chi connectivity index (χ1n) is 9.79. The average molecular weight is 511 g/mol. The molecule has 0 atom stereocenters. The van der Waals surface area contributed by atoms with Gasteiger partial charge in [-0.3, -0.25) is 9.03 Å². The monoisotopic (exact) mass is 510 g/mol. The second kappa shape index (κ2) is 8.59. The number of halogens is 2. The molecule has 0 fully saturated rings. The van der Waals surface area contributed by atoms with Crippen molar-refractivity contribution in [2.24, 2.45) is 0 Å². The Hall–Kier alpha value is -2.26. The number of anilines is 2. The fourth-order valence-electron chi connectivity index (χ4n) is 3.64. The van der Waals surface area contributed by atoms with E-state index in [0.29, 0.717) is 41.3 Å². The van der Waals surface area contributed by atoms with E-state index in [4.69, 9.17) is 23.2 Å². The van der Waals surface area contributed by atoms with Crippen molar-refractivity contribution in [3.8, 4) is 0 Å². The van der Waals surface area contributed by atoms with Gasteiger partial charge in [-0.2, -0.15) is 0 Å². The quantitative estimate of drug-likeness (QED) is 0.508. The summed E-state index contributed by atoms with van der Waals surface area (Å²) < 4.78 is 56.0. The lowest BCUT2D eigenvalue weighted by Gasteiger charge is -2.31. The van der Waals surface area contributed by atoms with Crippen LogP contribution in [0.25, 0.3) is 0 Å². The number of hydrogen-bond donors (Lipinski definition) is 1. The largest absolute Gasteiger partial charge is 0.280 e. The van der Waals surface area contributed by atoms with E-state index in [-0.39, 0.29) is 14.8 Å². The summed E-state index contributed by atoms with van der Waals surface area (Å²) in [5.41, 5.74) is 2.20. The van der Waals surface area contributed by atoms with Gasteiger partial charge in [0.05, 0.1) is 15.6 Å². The molecule has 0 aliphatic carbocycles. The van der Waals surface area contributed by atoms with Crippen LogP contribution in [-0.4, -0.2) is 23.4 Å². The van der Waals surface area contributed by atoms with Crippen LogP contribution in [0, 0.1) is 6.92 Å². The van der Waals surface area contributed by atoms with E-state index in [1.807, 2.05) is 0 Å². The van der Waals surface area contributed by atoms with Gasteiger partial charge in [-0.05, 0) is 73.4 Å². The van der Waals surface area contributed by atoms with Gasteiger partial charge in [0, 0.05) is 17.3 Å². The van der Waals surface area contributed by atoms with E-state index in [1.54, 1.807) is 55.5 Å². The normalized spacial score (nSPS) is 14.2. The van der Waals surface area contributed by atoms with Crippen LogP contribution in [0.4, 0.5) is 11.4 Å². The lowest BCUT2D eigenvalue weighted by atomic mass is 10.0. The minimum atomic E-state index is -3.97. The summed E-state index contributed by atoms with van der Waals surface area (Å²) in [6, 6.07) is 15.9. The summed E-state index contributed by atoms with van der Waals surface area (Å²) in [4.78, 5) is 0.137. The lowest BCUT2D eigenvalue weighted by molar-refractivity contribution is 0.586. The first kappa shape index (κ1) is 22.9. The molecule has 10 heteroatoms. The van der Waals surface area contributed by atoms with E-state index in [9.17, 15) is 16.8 Å². The number of sulfonamides is 2. The van der Waals surface area contributed by atoms with Gasteiger partial charge in [-0.15, -0.1) is 0 Å². The minimum Gasteiger partial charge on any atom is -0.280 e. The molecule has 3 aromatic rings. The molecule has 3 aromatic carbocycles. The number of nitrogens with one attached hydrogen (secondary N) is 1. The molecule has 1 heterocycles. The van der Waals surface area contributed by atoms with Gasteiger partial charge in [-0.25, -0.2) is 16.8 Å². The van der Waals surface area contributed by atoms with Gasteiger partial charge in [0.1, 0.15) is 4.90 Å². The first-order chi connectivity index (χ1) is 15.1. The van der Waals surface area contributed by atoms with Crippen molar-refractivity contribution >= 4 is 54.6 Å². The Kier molecular flexibility index (Phi) is 6.15. The Labute approximate surface area is 197 Å².